The molecule has 34 heavy (non-hydrogen) atoms. The van der Waals surface area contributed by atoms with Crippen LogP contribution in [0.15, 0.2) is 78.9 Å². The lowest BCUT2D eigenvalue weighted by Crippen LogP contribution is -2.49. The Morgan fingerprint density at radius 1 is 0.882 bits per heavy atom. The van der Waals surface area contributed by atoms with Gasteiger partial charge < -0.3 is 19.6 Å². The van der Waals surface area contributed by atoms with E-state index in [1.165, 1.54) is 18.9 Å². The lowest BCUT2D eigenvalue weighted by atomic mass is 10.1. The van der Waals surface area contributed by atoms with Crippen LogP contribution in [0, 0.1) is 0 Å². The maximum Gasteiger partial charge on any atom is 0.343 e. The van der Waals surface area contributed by atoms with Crippen LogP contribution >= 0.6 is 0 Å². The molecule has 1 heterocycles. The van der Waals surface area contributed by atoms with E-state index >= 15 is 0 Å². The van der Waals surface area contributed by atoms with E-state index in [1.54, 1.807) is 41.3 Å². The van der Waals surface area contributed by atoms with Crippen LogP contribution in [-0.4, -0.2) is 68.3 Å². The van der Waals surface area contributed by atoms with Gasteiger partial charge in [0, 0.05) is 50.5 Å². The molecular formula is C27H29N3O4. The van der Waals surface area contributed by atoms with Crippen molar-refractivity contribution in [3.05, 3.63) is 90.0 Å². The molecule has 176 valence electrons. The Balaban J connectivity index is 1.53. The number of hydrogen-bond acceptors (Lipinski definition) is 6. The quantitative estimate of drug-likeness (QED) is 0.544. The molecule has 1 aliphatic heterocycles. The molecule has 3 aromatic rings. The molecule has 1 aliphatic rings. The fourth-order valence-electron chi connectivity index (χ4n) is 4.24. The van der Waals surface area contributed by atoms with Crippen molar-refractivity contribution < 1.29 is 19.4 Å². The molecule has 1 amide bonds. The normalized spacial score (nSPS) is 14.0. The smallest absolute Gasteiger partial charge is 0.343 e. The van der Waals surface area contributed by atoms with E-state index in [2.05, 4.69) is 21.9 Å². The first-order valence-electron chi connectivity index (χ1n) is 11.4. The summed E-state index contributed by atoms with van der Waals surface area (Å²) in [5.74, 6) is -1.14. The number of nitrogens with zero attached hydrogens (tertiary/aromatic N) is 3. The number of rotatable bonds is 7. The van der Waals surface area contributed by atoms with E-state index in [0.717, 1.165) is 26.2 Å². The molecule has 1 fully saturated rings. The Morgan fingerprint density at radius 3 is 2.18 bits per heavy atom. The van der Waals surface area contributed by atoms with Crippen LogP contribution in [0.2, 0.25) is 0 Å². The minimum atomic E-state index is -0.685. The molecule has 0 saturated carbocycles. The van der Waals surface area contributed by atoms with Crippen LogP contribution < -0.4 is 9.80 Å². The average Bonchev–Trinajstić information content (AvgIpc) is 2.89. The molecule has 4 rings (SSSR count). The van der Waals surface area contributed by atoms with Crippen LogP contribution in [0.25, 0.3) is 0 Å². The zero-order valence-corrected chi connectivity index (χ0v) is 19.3. The van der Waals surface area contributed by atoms with E-state index in [0.29, 0.717) is 24.3 Å². The summed E-state index contributed by atoms with van der Waals surface area (Å²) >= 11 is 0. The van der Waals surface area contributed by atoms with Gasteiger partial charge in [-0.15, -0.1) is 0 Å². The zero-order chi connectivity index (χ0) is 23.9. The molecule has 0 bridgehead atoms. The number of benzene rings is 3. The Morgan fingerprint density at radius 2 is 1.53 bits per heavy atom. The number of methoxy groups -OCH3 is 1. The number of para-hydroxylation sites is 1. The third-order valence-corrected chi connectivity index (χ3v) is 6.10. The minimum Gasteiger partial charge on any atom is -0.507 e. The Labute approximate surface area is 199 Å². The van der Waals surface area contributed by atoms with Crippen molar-refractivity contribution in [2.75, 3.05) is 56.2 Å². The number of esters is 1. The summed E-state index contributed by atoms with van der Waals surface area (Å²) < 4.78 is 4.89. The van der Waals surface area contributed by atoms with E-state index in [1.807, 2.05) is 24.3 Å². The summed E-state index contributed by atoms with van der Waals surface area (Å²) in [6.07, 6.45) is 0. The van der Waals surface area contributed by atoms with Gasteiger partial charge in [-0.05, 0) is 36.4 Å². The topological polar surface area (TPSA) is 73.3 Å². The molecular weight excluding hydrogens is 430 g/mol. The molecule has 0 aromatic heterocycles. The van der Waals surface area contributed by atoms with Crippen LogP contribution in [0.4, 0.5) is 11.4 Å². The number of carbonyl (C=O) groups excluding carboxylic acids is 2. The van der Waals surface area contributed by atoms with Crippen LogP contribution in [0.1, 0.15) is 20.7 Å². The Hall–Kier alpha value is -3.84. The molecule has 3 aromatic carbocycles. The van der Waals surface area contributed by atoms with Crippen molar-refractivity contribution in [2.24, 2.45) is 0 Å². The second-order valence-corrected chi connectivity index (χ2v) is 8.15. The summed E-state index contributed by atoms with van der Waals surface area (Å²) in [5, 5.41) is 10.4. The summed E-state index contributed by atoms with van der Waals surface area (Å²) in [6.45, 7) is 4.54. The number of amides is 1. The molecule has 1 saturated heterocycles. The van der Waals surface area contributed by atoms with Gasteiger partial charge in [-0.3, -0.25) is 9.69 Å². The molecule has 0 unspecified atom stereocenters. The second kappa shape index (κ2) is 10.9. The summed E-state index contributed by atoms with van der Waals surface area (Å²) in [6, 6.07) is 24.0. The number of anilines is 2. The van der Waals surface area contributed by atoms with Gasteiger partial charge in [0.1, 0.15) is 11.3 Å². The SMILES string of the molecule is COC(=O)c1c(O)cccc1N(CCN1CCN(c2ccccc2)CC1)C(=O)c1ccccc1. The van der Waals surface area contributed by atoms with Crippen molar-refractivity contribution in [1.29, 1.82) is 0 Å². The van der Waals surface area contributed by atoms with Gasteiger partial charge in [0.25, 0.3) is 5.91 Å². The molecule has 0 atom stereocenters. The highest BCUT2D eigenvalue weighted by molar-refractivity contribution is 6.10. The zero-order valence-electron chi connectivity index (χ0n) is 19.3. The van der Waals surface area contributed by atoms with Gasteiger partial charge >= 0.3 is 5.97 Å². The number of phenolic OH excluding ortho intramolecular Hbond substituents is 1. The fourth-order valence-corrected chi connectivity index (χ4v) is 4.24. The average molecular weight is 460 g/mol. The number of ether oxygens (including phenoxy) is 1. The van der Waals surface area contributed by atoms with Gasteiger partial charge in [-0.25, -0.2) is 4.79 Å². The van der Waals surface area contributed by atoms with Crippen LogP contribution in [0.5, 0.6) is 5.75 Å². The number of phenols is 1. The van der Waals surface area contributed by atoms with Gasteiger partial charge in [0.2, 0.25) is 0 Å². The fraction of sp³-hybridized carbons (Fsp3) is 0.259. The monoisotopic (exact) mass is 459 g/mol. The van der Waals surface area contributed by atoms with E-state index < -0.39 is 5.97 Å². The summed E-state index contributed by atoms with van der Waals surface area (Å²) in [7, 11) is 1.26. The molecule has 0 aliphatic carbocycles. The van der Waals surface area contributed by atoms with E-state index in [-0.39, 0.29) is 17.2 Å². The Bertz CT molecular complexity index is 1110. The van der Waals surface area contributed by atoms with Crippen LogP contribution in [0.3, 0.4) is 0 Å². The lowest BCUT2D eigenvalue weighted by molar-refractivity contribution is 0.0598. The number of piperazine rings is 1. The highest BCUT2D eigenvalue weighted by Crippen LogP contribution is 2.30. The largest absolute Gasteiger partial charge is 0.507 e. The van der Waals surface area contributed by atoms with Crippen molar-refractivity contribution in [3.63, 3.8) is 0 Å². The molecule has 7 heteroatoms. The standard InChI is InChI=1S/C27H29N3O4/c1-34-27(33)25-23(13-8-14-24(25)31)30(26(32)21-9-4-2-5-10-21)20-17-28-15-18-29(19-16-28)22-11-6-3-7-12-22/h2-14,31H,15-20H2,1H3. The van der Waals surface area contributed by atoms with Gasteiger partial charge in [-0.1, -0.05) is 42.5 Å². The first-order valence-corrected chi connectivity index (χ1v) is 11.4. The first-order chi connectivity index (χ1) is 16.6. The van der Waals surface area contributed by atoms with E-state index in [9.17, 15) is 14.7 Å². The minimum absolute atomic E-state index is 0.0109. The number of carbonyl (C=O) groups is 2. The summed E-state index contributed by atoms with van der Waals surface area (Å²) in [4.78, 5) is 32.2. The maximum atomic E-state index is 13.5. The van der Waals surface area contributed by atoms with Crippen molar-refractivity contribution in [1.82, 2.24) is 4.90 Å². The number of hydrogen-bond donors (Lipinski definition) is 1. The number of aromatic hydroxyl groups is 1. The predicted molar refractivity (Wildman–Crippen MR) is 133 cm³/mol. The molecule has 1 N–H and O–H groups in total. The van der Waals surface area contributed by atoms with Crippen LogP contribution in [-0.2, 0) is 4.74 Å². The van der Waals surface area contributed by atoms with Gasteiger partial charge in [0.05, 0.1) is 12.8 Å². The van der Waals surface area contributed by atoms with Crippen molar-refractivity contribution in [2.45, 2.75) is 0 Å². The van der Waals surface area contributed by atoms with Gasteiger partial charge in [-0.2, -0.15) is 0 Å². The molecule has 0 radical (unpaired) electrons. The third kappa shape index (κ3) is 5.21. The maximum absolute atomic E-state index is 13.5. The Kier molecular flexibility index (Phi) is 7.44. The molecule has 0 spiro atoms. The highest BCUT2D eigenvalue weighted by atomic mass is 16.5. The highest BCUT2D eigenvalue weighted by Gasteiger charge is 2.27. The second-order valence-electron chi connectivity index (χ2n) is 8.15. The first kappa shape index (κ1) is 23.3. The van der Waals surface area contributed by atoms with E-state index in [4.69, 9.17) is 4.74 Å². The van der Waals surface area contributed by atoms with Crippen molar-refractivity contribution >= 4 is 23.3 Å². The third-order valence-electron chi connectivity index (χ3n) is 6.10. The van der Waals surface area contributed by atoms with Gasteiger partial charge in [0.15, 0.2) is 0 Å². The lowest BCUT2D eigenvalue weighted by Gasteiger charge is -2.37. The molecule has 7 nitrogen and oxygen atoms in total. The predicted octanol–water partition coefficient (Wildman–Crippen LogP) is 3.65. The van der Waals surface area contributed by atoms with Crippen molar-refractivity contribution in [3.8, 4) is 5.75 Å². The summed E-state index contributed by atoms with van der Waals surface area (Å²) in [5.41, 5.74) is 2.05.